The Labute approximate surface area is 89.3 Å². The van der Waals surface area contributed by atoms with Crippen LogP contribution in [0.1, 0.15) is 0 Å². The third kappa shape index (κ3) is 1.44. The normalized spacial score (nSPS) is 10.5. The summed E-state index contributed by atoms with van der Waals surface area (Å²) in [6.45, 7) is 0. The molecule has 0 spiro atoms. The first kappa shape index (κ1) is 8.72. The van der Waals surface area contributed by atoms with Crippen LogP contribution in [0.15, 0.2) is 45.6 Å². The van der Waals surface area contributed by atoms with Crippen LogP contribution in [0.4, 0.5) is 0 Å². The molecule has 0 aliphatic carbocycles. The molecule has 3 aromatic heterocycles. The van der Waals surface area contributed by atoms with Crippen LogP contribution in [-0.2, 0) is 0 Å². The molecule has 3 rings (SSSR count). The molecule has 0 saturated heterocycles. The quantitative estimate of drug-likeness (QED) is 0.614. The average molecular weight is 219 g/mol. The van der Waals surface area contributed by atoms with E-state index in [1.165, 1.54) is 4.80 Å². The van der Waals surface area contributed by atoms with Gasteiger partial charge in [0.15, 0.2) is 5.76 Å². The van der Waals surface area contributed by atoms with Crippen LogP contribution in [0, 0.1) is 0 Å². The standard InChI is InChI=1S/C9H9N5O2/c1-3-7(15-5-1)9-10-12-14(13-11-9)8-4-2-6-16-8/h1-6,12-13H,(H,10,11). The lowest BCUT2D eigenvalue weighted by molar-refractivity contribution is 0.454. The van der Waals surface area contributed by atoms with Gasteiger partial charge in [-0.1, -0.05) is 0 Å². The molecule has 3 heterocycles. The zero-order valence-electron chi connectivity index (χ0n) is 8.18. The van der Waals surface area contributed by atoms with E-state index in [1.807, 2.05) is 0 Å². The first-order valence-electron chi connectivity index (χ1n) is 4.66. The number of aromatic nitrogens is 5. The smallest absolute Gasteiger partial charge is 0.236 e. The molecule has 0 aliphatic heterocycles. The van der Waals surface area contributed by atoms with Gasteiger partial charge in [-0.25, -0.2) is 5.21 Å². The zero-order valence-corrected chi connectivity index (χ0v) is 8.18. The van der Waals surface area contributed by atoms with Crippen molar-refractivity contribution in [1.82, 2.24) is 25.4 Å². The first-order valence-corrected chi connectivity index (χ1v) is 4.66. The molecule has 0 atom stereocenters. The van der Waals surface area contributed by atoms with Crippen LogP contribution in [0.3, 0.4) is 0 Å². The molecule has 3 N–H and O–H groups in total. The molecule has 16 heavy (non-hydrogen) atoms. The Balaban J connectivity index is 1.97. The van der Waals surface area contributed by atoms with Crippen molar-refractivity contribution in [3.63, 3.8) is 0 Å². The molecule has 0 aromatic carbocycles. The molecule has 0 aliphatic rings. The molecule has 0 bridgehead atoms. The predicted octanol–water partition coefficient (Wildman–Crippen LogP) is 1.83. The maximum absolute atomic E-state index is 5.18. The summed E-state index contributed by atoms with van der Waals surface area (Å²) < 4.78 is 10.4. The number of hydrogen-bond acceptors (Lipinski definition) is 3. The fourth-order valence-corrected chi connectivity index (χ4v) is 1.29. The van der Waals surface area contributed by atoms with E-state index in [-0.39, 0.29) is 0 Å². The van der Waals surface area contributed by atoms with Gasteiger partial charge in [-0.05, 0) is 18.2 Å². The Kier molecular flexibility index (Phi) is 1.93. The minimum absolute atomic E-state index is 0.563. The topological polar surface area (TPSA) is 91.5 Å². The molecule has 0 saturated carbocycles. The minimum Gasteiger partial charge on any atom is -0.461 e. The third-order valence-electron chi connectivity index (χ3n) is 2.03. The SMILES string of the molecule is c1coc(-c2n[nH]n(-c3ccco3)[nH][nH]2)c1. The molecular weight excluding hydrogens is 210 g/mol. The van der Waals surface area contributed by atoms with E-state index in [9.17, 15) is 0 Å². The van der Waals surface area contributed by atoms with E-state index >= 15 is 0 Å². The lowest BCUT2D eigenvalue weighted by atomic mass is 10.4. The fourth-order valence-electron chi connectivity index (χ4n) is 1.29. The third-order valence-corrected chi connectivity index (χ3v) is 2.03. The second kappa shape index (κ2) is 3.54. The van der Waals surface area contributed by atoms with E-state index in [0.717, 1.165) is 0 Å². The Morgan fingerprint density at radius 2 is 2.00 bits per heavy atom. The number of rotatable bonds is 2. The number of hydrogen-bond donors (Lipinski definition) is 3. The van der Waals surface area contributed by atoms with E-state index < -0.39 is 0 Å². The van der Waals surface area contributed by atoms with E-state index in [0.29, 0.717) is 17.5 Å². The highest BCUT2D eigenvalue weighted by molar-refractivity contribution is 5.43. The van der Waals surface area contributed by atoms with Gasteiger partial charge in [-0.3, -0.25) is 5.10 Å². The van der Waals surface area contributed by atoms with Gasteiger partial charge in [0.05, 0.1) is 12.5 Å². The highest BCUT2D eigenvalue weighted by Crippen LogP contribution is 2.12. The van der Waals surface area contributed by atoms with Gasteiger partial charge in [0, 0.05) is 6.07 Å². The van der Waals surface area contributed by atoms with Gasteiger partial charge < -0.3 is 8.83 Å². The maximum atomic E-state index is 5.18. The molecule has 7 nitrogen and oxygen atoms in total. The van der Waals surface area contributed by atoms with Gasteiger partial charge in [0.1, 0.15) is 0 Å². The van der Waals surface area contributed by atoms with E-state index in [1.54, 1.807) is 36.8 Å². The van der Waals surface area contributed by atoms with Crippen LogP contribution >= 0.6 is 0 Å². The average Bonchev–Trinajstić information content (AvgIpc) is 3.03. The lowest BCUT2D eigenvalue weighted by Gasteiger charge is -2.03. The van der Waals surface area contributed by atoms with Crippen molar-refractivity contribution in [2.45, 2.75) is 0 Å². The molecule has 7 heteroatoms. The van der Waals surface area contributed by atoms with Crippen LogP contribution < -0.4 is 0 Å². The molecule has 0 amide bonds. The number of nitrogens with one attached hydrogen (secondary N) is 3. The zero-order chi connectivity index (χ0) is 10.8. The van der Waals surface area contributed by atoms with Gasteiger partial charge in [0.25, 0.3) is 0 Å². The summed E-state index contributed by atoms with van der Waals surface area (Å²) in [4.78, 5) is 1.49. The Morgan fingerprint density at radius 3 is 2.62 bits per heavy atom. The Morgan fingerprint density at radius 1 is 1.12 bits per heavy atom. The van der Waals surface area contributed by atoms with Crippen molar-refractivity contribution in [2.75, 3.05) is 0 Å². The van der Waals surface area contributed by atoms with Crippen LogP contribution in [0.25, 0.3) is 17.5 Å². The molecular formula is C9H9N5O2. The summed E-state index contributed by atoms with van der Waals surface area (Å²) >= 11 is 0. The number of H-pyrrole nitrogens is 3. The van der Waals surface area contributed by atoms with Crippen molar-refractivity contribution in [2.24, 2.45) is 0 Å². The molecule has 0 unspecified atom stereocenters. The van der Waals surface area contributed by atoms with Gasteiger partial charge >= 0.3 is 0 Å². The summed E-state index contributed by atoms with van der Waals surface area (Å²) in [6.07, 6.45) is 3.16. The van der Waals surface area contributed by atoms with Gasteiger partial charge in [-0.2, -0.15) is 5.21 Å². The molecule has 0 fully saturated rings. The highest BCUT2D eigenvalue weighted by atomic mass is 16.3. The van der Waals surface area contributed by atoms with Crippen molar-refractivity contribution in [1.29, 1.82) is 0 Å². The van der Waals surface area contributed by atoms with E-state index in [4.69, 9.17) is 8.83 Å². The molecule has 82 valence electrons. The van der Waals surface area contributed by atoms with Crippen LogP contribution in [-0.4, -0.2) is 25.4 Å². The van der Waals surface area contributed by atoms with Gasteiger partial charge in [-0.15, -0.1) is 9.90 Å². The van der Waals surface area contributed by atoms with Crippen molar-refractivity contribution >= 4 is 0 Å². The van der Waals surface area contributed by atoms with Crippen LogP contribution in [0.2, 0.25) is 0 Å². The Hall–Kier alpha value is -2.57. The second-order valence-corrected chi connectivity index (χ2v) is 3.06. The lowest BCUT2D eigenvalue weighted by Crippen LogP contribution is -2.10. The summed E-state index contributed by atoms with van der Waals surface area (Å²) in [7, 11) is 0. The Bertz CT molecular complexity index is 505. The number of aromatic amines is 3. The largest absolute Gasteiger partial charge is 0.461 e. The minimum atomic E-state index is 0.563. The van der Waals surface area contributed by atoms with Crippen molar-refractivity contribution in [3.05, 3.63) is 36.8 Å². The molecule has 3 aromatic rings. The summed E-state index contributed by atoms with van der Waals surface area (Å²) in [6, 6.07) is 7.16. The van der Waals surface area contributed by atoms with E-state index in [2.05, 4.69) is 20.6 Å². The fraction of sp³-hybridized carbons (Fsp3) is 0. The van der Waals surface area contributed by atoms with Gasteiger partial charge in [0.2, 0.25) is 11.7 Å². The number of furan rings is 2. The second-order valence-electron chi connectivity index (χ2n) is 3.06. The number of nitrogens with zero attached hydrogens (tertiary/aromatic N) is 2. The summed E-state index contributed by atoms with van der Waals surface area (Å²) in [5.41, 5.74) is 0. The monoisotopic (exact) mass is 219 g/mol. The predicted molar refractivity (Wildman–Crippen MR) is 54.2 cm³/mol. The first-order chi connectivity index (χ1) is 7.93. The maximum Gasteiger partial charge on any atom is 0.236 e. The van der Waals surface area contributed by atoms with Crippen molar-refractivity contribution < 1.29 is 8.83 Å². The van der Waals surface area contributed by atoms with Crippen LogP contribution in [0.5, 0.6) is 0 Å². The highest BCUT2D eigenvalue weighted by Gasteiger charge is 2.03. The molecule has 0 radical (unpaired) electrons. The summed E-state index contributed by atoms with van der Waals surface area (Å²) in [5.74, 6) is 1.79. The summed E-state index contributed by atoms with van der Waals surface area (Å²) in [5, 5.41) is 12.5. The van der Waals surface area contributed by atoms with Crippen molar-refractivity contribution in [3.8, 4) is 17.5 Å².